The fourth-order valence-corrected chi connectivity index (χ4v) is 4.05. The summed E-state index contributed by atoms with van der Waals surface area (Å²) in [5, 5.41) is 3.03. The zero-order chi connectivity index (χ0) is 20.4. The molecule has 3 rings (SSSR count). The topological polar surface area (TPSA) is 113 Å². The van der Waals surface area contributed by atoms with E-state index < -0.39 is 25.0 Å². The van der Waals surface area contributed by atoms with Gasteiger partial charge in [0.25, 0.3) is 20.1 Å². The highest BCUT2D eigenvalue weighted by Crippen LogP contribution is 2.30. The fraction of sp³-hybridized carbons (Fsp3) is 0.0526. The normalized spacial score (nSPS) is 11.8. The Bertz CT molecular complexity index is 1190. The van der Waals surface area contributed by atoms with Gasteiger partial charge in [0.1, 0.15) is 0 Å². The first-order valence-electron chi connectivity index (χ1n) is 8.18. The summed E-state index contributed by atoms with van der Waals surface area (Å²) in [5.41, 5.74) is 1.89. The molecular formula is C19H18N2O5S2. The zero-order valence-electron chi connectivity index (χ0n) is 14.8. The lowest BCUT2D eigenvalue weighted by molar-refractivity contribution is 0.483. The lowest BCUT2D eigenvalue weighted by atomic mass is 10.2. The molecule has 3 aromatic carbocycles. The van der Waals surface area contributed by atoms with Crippen molar-refractivity contribution in [2.45, 2.75) is 16.7 Å². The number of hydrogen-bond acceptors (Lipinski definition) is 5. The van der Waals surface area contributed by atoms with E-state index in [1.165, 1.54) is 24.3 Å². The average Bonchev–Trinajstić information content (AvgIpc) is 2.63. The summed E-state index contributed by atoms with van der Waals surface area (Å²) in [4.78, 5) is -0.395. The summed E-state index contributed by atoms with van der Waals surface area (Å²) in [6.45, 7) is 1.83. The van der Waals surface area contributed by atoms with E-state index in [1.54, 1.807) is 36.4 Å². The number of para-hydroxylation sites is 1. The van der Waals surface area contributed by atoms with Gasteiger partial charge in [-0.2, -0.15) is 8.42 Å². The second-order valence-corrected chi connectivity index (χ2v) is 9.20. The van der Waals surface area contributed by atoms with E-state index in [0.29, 0.717) is 11.4 Å². The van der Waals surface area contributed by atoms with Crippen LogP contribution in [0.15, 0.2) is 82.6 Å². The van der Waals surface area contributed by atoms with Gasteiger partial charge in [0.05, 0.1) is 21.2 Å². The van der Waals surface area contributed by atoms with Crippen LogP contribution in [0.5, 0.6) is 0 Å². The predicted octanol–water partition coefficient (Wildman–Crippen LogP) is 3.79. The van der Waals surface area contributed by atoms with Crippen LogP contribution in [0.4, 0.5) is 17.1 Å². The van der Waals surface area contributed by atoms with Crippen LogP contribution in [0.1, 0.15) is 5.56 Å². The zero-order valence-corrected chi connectivity index (χ0v) is 16.5. The third kappa shape index (κ3) is 4.69. The second-order valence-electron chi connectivity index (χ2n) is 6.09. The first-order valence-corrected chi connectivity index (χ1v) is 11.1. The van der Waals surface area contributed by atoms with Gasteiger partial charge in [-0.25, -0.2) is 8.42 Å². The summed E-state index contributed by atoms with van der Waals surface area (Å²) >= 11 is 0. The van der Waals surface area contributed by atoms with Gasteiger partial charge in [-0.15, -0.1) is 0 Å². The molecule has 0 saturated carbocycles. The Kier molecular flexibility index (Phi) is 5.41. The molecule has 0 atom stereocenters. The highest BCUT2D eigenvalue weighted by molar-refractivity contribution is 7.92. The number of benzene rings is 3. The number of sulfonamides is 1. The third-order valence-electron chi connectivity index (χ3n) is 3.92. The Morgan fingerprint density at radius 1 is 0.750 bits per heavy atom. The van der Waals surface area contributed by atoms with Crippen molar-refractivity contribution in [3.05, 3.63) is 78.4 Å². The molecule has 0 bridgehead atoms. The molecule has 9 heteroatoms. The smallest absolute Gasteiger partial charge is 0.294 e. The van der Waals surface area contributed by atoms with Gasteiger partial charge < -0.3 is 5.32 Å². The molecular weight excluding hydrogens is 400 g/mol. The van der Waals surface area contributed by atoms with E-state index in [-0.39, 0.29) is 10.6 Å². The van der Waals surface area contributed by atoms with Gasteiger partial charge in [0.2, 0.25) is 0 Å². The summed E-state index contributed by atoms with van der Waals surface area (Å²) in [6, 6.07) is 18.8. The molecule has 3 aromatic rings. The summed E-state index contributed by atoms with van der Waals surface area (Å²) in [6.07, 6.45) is 0. The monoisotopic (exact) mass is 418 g/mol. The summed E-state index contributed by atoms with van der Waals surface area (Å²) in [7, 11) is -8.48. The molecule has 0 aliphatic heterocycles. The lowest BCUT2D eigenvalue weighted by Crippen LogP contribution is -2.14. The molecule has 0 aliphatic carbocycles. The third-order valence-corrected chi connectivity index (χ3v) is 6.15. The molecule has 146 valence electrons. The van der Waals surface area contributed by atoms with Crippen molar-refractivity contribution in [3.8, 4) is 0 Å². The van der Waals surface area contributed by atoms with Crippen LogP contribution in [0.2, 0.25) is 0 Å². The maximum absolute atomic E-state index is 12.7. The number of anilines is 3. The summed E-state index contributed by atoms with van der Waals surface area (Å²) in [5.74, 6) is 0. The number of nitrogens with one attached hydrogen (secondary N) is 2. The van der Waals surface area contributed by atoms with Gasteiger partial charge in [-0.3, -0.25) is 9.27 Å². The van der Waals surface area contributed by atoms with Crippen molar-refractivity contribution in [2.24, 2.45) is 0 Å². The van der Waals surface area contributed by atoms with Crippen LogP contribution >= 0.6 is 0 Å². The van der Waals surface area contributed by atoms with Crippen LogP contribution in [-0.2, 0) is 20.1 Å². The molecule has 0 saturated heterocycles. The molecule has 3 N–H and O–H groups in total. The van der Waals surface area contributed by atoms with Crippen molar-refractivity contribution >= 4 is 37.2 Å². The van der Waals surface area contributed by atoms with Crippen LogP contribution in [0.3, 0.4) is 0 Å². The molecule has 0 amide bonds. The maximum Gasteiger partial charge on any atom is 0.294 e. The van der Waals surface area contributed by atoms with Crippen molar-refractivity contribution in [3.63, 3.8) is 0 Å². The quantitative estimate of drug-likeness (QED) is 0.525. The highest BCUT2D eigenvalue weighted by atomic mass is 32.2. The first kappa shape index (κ1) is 19.9. The molecule has 28 heavy (non-hydrogen) atoms. The number of rotatable bonds is 6. The standard InChI is InChI=1S/C19H18N2O5S2/c1-14-7-9-16(10-8-14)27(22,23)21-19-13-17(28(24,25)26)11-12-18(19)20-15-5-3-2-4-6-15/h2-13,20-21H,1H3,(H,24,25,26). The Labute approximate surface area is 163 Å². The highest BCUT2D eigenvalue weighted by Gasteiger charge is 2.19. The van der Waals surface area contributed by atoms with E-state index >= 15 is 0 Å². The second kappa shape index (κ2) is 7.63. The average molecular weight is 418 g/mol. The van der Waals surface area contributed by atoms with Crippen molar-refractivity contribution in [1.82, 2.24) is 0 Å². The molecule has 0 heterocycles. The number of hydrogen-bond donors (Lipinski definition) is 3. The Hall–Kier alpha value is -2.88. The summed E-state index contributed by atoms with van der Waals surface area (Å²) < 4.78 is 60.1. The van der Waals surface area contributed by atoms with Crippen LogP contribution in [0.25, 0.3) is 0 Å². The van der Waals surface area contributed by atoms with E-state index in [1.807, 2.05) is 13.0 Å². The fourth-order valence-electron chi connectivity index (χ4n) is 2.48. The van der Waals surface area contributed by atoms with Crippen molar-refractivity contribution in [1.29, 1.82) is 0 Å². The van der Waals surface area contributed by atoms with Gasteiger partial charge in [0, 0.05) is 5.69 Å². The van der Waals surface area contributed by atoms with Crippen LogP contribution in [0, 0.1) is 6.92 Å². The predicted molar refractivity (Wildman–Crippen MR) is 108 cm³/mol. The molecule has 0 fully saturated rings. The Morgan fingerprint density at radius 3 is 1.96 bits per heavy atom. The molecule has 0 radical (unpaired) electrons. The molecule has 0 aromatic heterocycles. The van der Waals surface area contributed by atoms with Gasteiger partial charge in [0.15, 0.2) is 0 Å². The van der Waals surface area contributed by atoms with Gasteiger partial charge in [-0.05, 0) is 49.4 Å². The van der Waals surface area contributed by atoms with Gasteiger partial charge >= 0.3 is 0 Å². The van der Waals surface area contributed by atoms with E-state index in [2.05, 4.69) is 10.0 Å². The van der Waals surface area contributed by atoms with E-state index in [4.69, 9.17) is 0 Å². The Morgan fingerprint density at radius 2 is 1.36 bits per heavy atom. The largest absolute Gasteiger partial charge is 0.354 e. The van der Waals surface area contributed by atoms with Crippen molar-refractivity contribution in [2.75, 3.05) is 10.0 Å². The molecule has 7 nitrogen and oxygen atoms in total. The maximum atomic E-state index is 12.7. The van der Waals surface area contributed by atoms with Crippen molar-refractivity contribution < 1.29 is 21.4 Å². The molecule has 0 spiro atoms. The minimum absolute atomic E-state index is 0.0143. The van der Waals surface area contributed by atoms with Crippen LogP contribution < -0.4 is 10.0 Å². The Balaban J connectivity index is 2.04. The lowest BCUT2D eigenvalue weighted by Gasteiger charge is -2.15. The van der Waals surface area contributed by atoms with Gasteiger partial charge in [-0.1, -0.05) is 35.9 Å². The van der Waals surface area contributed by atoms with E-state index in [9.17, 15) is 21.4 Å². The SMILES string of the molecule is Cc1ccc(S(=O)(=O)Nc2cc(S(=O)(=O)O)ccc2Nc2ccccc2)cc1. The first-order chi connectivity index (χ1) is 13.1. The molecule has 0 unspecified atom stereocenters. The minimum Gasteiger partial charge on any atom is -0.354 e. The molecule has 0 aliphatic rings. The van der Waals surface area contributed by atoms with E-state index in [0.717, 1.165) is 11.6 Å². The van der Waals surface area contributed by atoms with Crippen LogP contribution in [-0.4, -0.2) is 21.4 Å². The minimum atomic E-state index is -4.50. The number of aryl methyl sites for hydroxylation is 1.